The molecule has 0 aromatic rings. The van der Waals surface area contributed by atoms with Crippen LogP contribution in [0.15, 0.2) is 0 Å². The van der Waals surface area contributed by atoms with Gasteiger partial charge in [0.1, 0.15) is 24.4 Å². The molecule has 7 unspecified atom stereocenters. The van der Waals surface area contributed by atoms with Gasteiger partial charge >= 0.3 is 0 Å². The van der Waals surface area contributed by atoms with Gasteiger partial charge in [0.15, 0.2) is 6.29 Å². The summed E-state index contributed by atoms with van der Waals surface area (Å²) in [5.74, 6) is -0.138. The van der Waals surface area contributed by atoms with E-state index in [1.165, 1.54) is 218 Å². The summed E-state index contributed by atoms with van der Waals surface area (Å²) in [4.78, 5) is 13.0. The first-order valence-electron chi connectivity index (χ1n) is 27.7. The lowest BCUT2D eigenvalue weighted by atomic mass is 9.99. The molecule has 1 fully saturated rings. The molecular weight excluding hydrogens is 791 g/mol. The number of ether oxygens (including phenoxy) is 2. The van der Waals surface area contributed by atoms with Crippen molar-refractivity contribution < 1.29 is 39.8 Å². The zero-order valence-corrected chi connectivity index (χ0v) is 41.6. The van der Waals surface area contributed by atoms with Crippen molar-refractivity contribution in [2.45, 2.75) is 326 Å². The first-order valence-corrected chi connectivity index (χ1v) is 27.7. The molecule has 7 atom stereocenters. The molecule has 0 saturated carbocycles. The van der Waals surface area contributed by atoms with Crippen LogP contribution in [0.5, 0.6) is 0 Å². The second kappa shape index (κ2) is 45.0. The average molecular weight is 898 g/mol. The summed E-state index contributed by atoms with van der Waals surface area (Å²) >= 11 is 0. The van der Waals surface area contributed by atoms with E-state index < -0.39 is 49.5 Å². The van der Waals surface area contributed by atoms with E-state index in [4.69, 9.17) is 9.47 Å². The van der Waals surface area contributed by atoms with E-state index in [0.717, 1.165) is 38.5 Å². The number of aliphatic hydroxyl groups is 5. The molecule has 1 aliphatic heterocycles. The van der Waals surface area contributed by atoms with Crippen LogP contribution in [-0.4, -0.2) is 87.5 Å². The summed E-state index contributed by atoms with van der Waals surface area (Å²) in [5, 5.41) is 54.5. The molecule has 6 N–H and O–H groups in total. The van der Waals surface area contributed by atoms with Crippen LogP contribution in [0.3, 0.4) is 0 Å². The van der Waals surface area contributed by atoms with Crippen LogP contribution in [-0.2, 0) is 14.3 Å². The fourth-order valence-electron chi connectivity index (χ4n) is 9.28. The van der Waals surface area contributed by atoms with Crippen LogP contribution in [0.2, 0.25) is 0 Å². The lowest BCUT2D eigenvalue weighted by molar-refractivity contribution is -0.302. The molecule has 1 heterocycles. The maximum atomic E-state index is 13.0. The summed E-state index contributed by atoms with van der Waals surface area (Å²) in [5.41, 5.74) is 0. The minimum absolute atomic E-state index is 0.132. The smallest absolute Gasteiger partial charge is 0.220 e. The number of hydrogen-bond donors (Lipinski definition) is 6. The quantitative estimate of drug-likeness (QED) is 0.0331. The third-order valence-electron chi connectivity index (χ3n) is 13.7. The zero-order valence-electron chi connectivity index (χ0n) is 41.6. The Morgan fingerprint density at radius 2 is 0.794 bits per heavy atom. The van der Waals surface area contributed by atoms with Gasteiger partial charge in [-0.1, -0.05) is 264 Å². The van der Waals surface area contributed by atoms with Gasteiger partial charge < -0.3 is 40.3 Å². The molecule has 9 heteroatoms. The number of hydrogen-bond acceptors (Lipinski definition) is 8. The molecule has 1 saturated heterocycles. The Morgan fingerprint density at radius 1 is 0.476 bits per heavy atom. The van der Waals surface area contributed by atoms with Crippen LogP contribution in [0.25, 0.3) is 0 Å². The molecule has 9 nitrogen and oxygen atoms in total. The summed E-state index contributed by atoms with van der Waals surface area (Å²) in [7, 11) is 0. The van der Waals surface area contributed by atoms with Gasteiger partial charge in [0.2, 0.25) is 5.91 Å². The zero-order chi connectivity index (χ0) is 45.9. The molecule has 63 heavy (non-hydrogen) atoms. The Balaban J connectivity index is 2.12. The molecule has 0 bridgehead atoms. The average Bonchev–Trinajstić information content (AvgIpc) is 3.28. The van der Waals surface area contributed by atoms with Gasteiger partial charge in [0, 0.05) is 6.42 Å². The standard InChI is InChI=1S/C54H107NO8/c1-3-5-7-9-11-13-15-17-18-19-20-21-22-23-24-25-26-27-28-29-30-31-32-34-36-38-40-42-44-50(58)55-47(46-62-54-53(61)52(60)51(59)49(45-56)63-54)48(57)43-41-39-37-35-33-16-14-12-10-8-6-4-2/h47-49,51-54,56-57,59-61H,3-46H2,1-2H3,(H,55,58). The second-order valence-corrected chi connectivity index (χ2v) is 19.7. The number of carbonyl (C=O) groups excluding carboxylic acids is 1. The van der Waals surface area contributed by atoms with Crippen molar-refractivity contribution in [3.63, 3.8) is 0 Å². The highest BCUT2D eigenvalue weighted by atomic mass is 16.7. The van der Waals surface area contributed by atoms with Gasteiger partial charge in [0.05, 0.1) is 25.4 Å². The van der Waals surface area contributed by atoms with Gasteiger partial charge in [-0.05, 0) is 12.8 Å². The second-order valence-electron chi connectivity index (χ2n) is 19.7. The third-order valence-corrected chi connectivity index (χ3v) is 13.7. The van der Waals surface area contributed by atoms with Crippen molar-refractivity contribution in [2.75, 3.05) is 13.2 Å². The van der Waals surface area contributed by atoms with E-state index in [2.05, 4.69) is 19.2 Å². The highest BCUT2D eigenvalue weighted by Gasteiger charge is 2.44. The molecule has 0 aromatic carbocycles. The SMILES string of the molecule is CCCCCCCCCCCCCCCCCCCCCCCCCCCCCCC(=O)NC(COC1OC(CO)C(O)C(O)C1O)C(O)CCCCCCCCCCCCCC. The topological polar surface area (TPSA) is 149 Å². The Kier molecular flexibility index (Phi) is 43.0. The molecule has 0 aromatic heterocycles. The van der Waals surface area contributed by atoms with Crippen molar-refractivity contribution in [2.24, 2.45) is 0 Å². The summed E-state index contributed by atoms with van der Waals surface area (Å²) < 4.78 is 11.3. The molecule has 1 rings (SSSR count). The minimum atomic E-state index is -1.55. The highest BCUT2D eigenvalue weighted by Crippen LogP contribution is 2.23. The molecule has 376 valence electrons. The molecule has 0 aliphatic carbocycles. The molecular formula is C54H107NO8. The summed E-state index contributed by atoms with van der Waals surface area (Å²) in [6.45, 7) is 3.86. The molecule has 1 aliphatic rings. The Hall–Kier alpha value is -0.810. The Bertz CT molecular complexity index is 955. The van der Waals surface area contributed by atoms with Gasteiger partial charge in [-0.2, -0.15) is 0 Å². The van der Waals surface area contributed by atoms with Gasteiger partial charge in [0.25, 0.3) is 0 Å². The Labute approximate surface area is 389 Å². The van der Waals surface area contributed by atoms with Crippen LogP contribution < -0.4 is 5.32 Å². The van der Waals surface area contributed by atoms with Crippen molar-refractivity contribution in [3.8, 4) is 0 Å². The summed E-state index contributed by atoms with van der Waals surface area (Å²) in [6, 6.07) is -0.712. The number of nitrogens with one attached hydrogen (secondary N) is 1. The van der Waals surface area contributed by atoms with Gasteiger partial charge in [-0.25, -0.2) is 0 Å². The van der Waals surface area contributed by atoms with Crippen molar-refractivity contribution >= 4 is 5.91 Å². The third kappa shape index (κ3) is 35.1. The van der Waals surface area contributed by atoms with E-state index in [1.54, 1.807) is 0 Å². The first kappa shape index (κ1) is 60.2. The number of rotatable bonds is 48. The van der Waals surface area contributed by atoms with Crippen molar-refractivity contribution in [1.29, 1.82) is 0 Å². The fraction of sp³-hybridized carbons (Fsp3) is 0.981. The van der Waals surface area contributed by atoms with Gasteiger partial charge in [-0.15, -0.1) is 0 Å². The van der Waals surface area contributed by atoms with Crippen LogP contribution in [0.4, 0.5) is 0 Å². The van der Waals surface area contributed by atoms with Crippen LogP contribution >= 0.6 is 0 Å². The number of amides is 1. The van der Waals surface area contributed by atoms with E-state index in [-0.39, 0.29) is 12.5 Å². The largest absolute Gasteiger partial charge is 0.394 e. The fourth-order valence-corrected chi connectivity index (χ4v) is 9.28. The van der Waals surface area contributed by atoms with E-state index >= 15 is 0 Å². The van der Waals surface area contributed by atoms with Crippen LogP contribution in [0.1, 0.15) is 284 Å². The van der Waals surface area contributed by atoms with Crippen molar-refractivity contribution in [1.82, 2.24) is 5.32 Å². The normalized spacial score (nSPS) is 20.0. The maximum absolute atomic E-state index is 13.0. The number of carbonyl (C=O) groups is 1. The van der Waals surface area contributed by atoms with Gasteiger partial charge in [-0.3, -0.25) is 4.79 Å². The predicted molar refractivity (Wildman–Crippen MR) is 263 cm³/mol. The summed E-state index contributed by atoms with van der Waals surface area (Å²) in [6.07, 6.45) is 45.7. The number of aliphatic hydroxyl groups excluding tert-OH is 5. The lowest BCUT2D eigenvalue weighted by Crippen LogP contribution is -2.60. The van der Waals surface area contributed by atoms with E-state index in [1.807, 2.05) is 0 Å². The Morgan fingerprint density at radius 3 is 1.13 bits per heavy atom. The minimum Gasteiger partial charge on any atom is -0.394 e. The highest BCUT2D eigenvalue weighted by molar-refractivity contribution is 5.76. The lowest BCUT2D eigenvalue weighted by Gasteiger charge is -2.40. The molecule has 0 spiro atoms. The monoisotopic (exact) mass is 898 g/mol. The first-order chi connectivity index (χ1) is 30.8. The number of unbranched alkanes of at least 4 members (excludes halogenated alkanes) is 38. The van der Waals surface area contributed by atoms with E-state index in [0.29, 0.717) is 12.8 Å². The van der Waals surface area contributed by atoms with Crippen molar-refractivity contribution in [3.05, 3.63) is 0 Å². The molecule has 1 amide bonds. The van der Waals surface area contributed by atoms with Crippen LogP contribution in [0, 0.1) is 0 Å². The van der Waals surface area contributed by atoms with E-state index in [9.17, 15) is 30.3 Å². The maximum Gasteiger partial charge on any atom is 0.220 e. The molecule has 0 radical (unpaired) electrons. The predicted octanol–water partition coefficient (Wildman–Crippen LogP) is 13.1.